The summed E-state index contributed by atoms with van der Waals surface area (Å²) in [4.78, 5) is 12.0. The molecule has 134 valence electrons. The number of hydrogen-bond donors (Lipinski definition) is 2. The summed E-state index contributed by atoms with van der Waals surface area (Å²) in [6.07, 6.45) is 0. The zero-order chi connectivity index (χ0) is 18.4. The molecule has 0 spiro atoms. The van der Waals surface area contributed by atoms with Gasteiger partial charge in [0, 0.05) is 13.1 Å². The quantitative estimate of drug-likeness (QED) is 0.650. The minimum Gasteiger partial charge on any atom is -0.364 e. The Hall–Kier alpha value is -2.53. The largest absolute Gasteiger partial charge is 0.446 e. The molecule has 3 N–H and O–H groups in total. The fourth-order valence-electron chi connectivity index (χ4n) is 1.89. The van der Waals surface area contributed by atoms with Crippen LogP contribution in [0, 0.1) is 5.82 Å². The van der Waals surface area contributed by atoms with E-state index in [1.54, 1.807) is 0 Å². The van der Waals surface area contributed by atoms with Crippen LogP contribution >= 0.6 is 15.9 Å². The van der Waals surface area contributed by atoms with E-state index in [1.165, 1.54) is 18.2 Å². The van der Waals surface area contributed by atoms with Gasteiger partial charge in [-0.25, -0.2) is 18.4 Å². The fourth-order valence-corrected chi connectivity index (χ4v) is 2.26. The number of halogens is 2. The zero-order valence-electron chi connectivity index (χ0n) is 13.5. The van der Waals surface area contributed by atoms with Crippen LogP contribution in [0.3, 0.4) is 0 Å². The van der Waals surface area contributed by atoms with Crippen molar-refractivity contribution >= 4 is 21.7 Å². The molecule has 0 aliphatic heterocycles. The Morgan fingerprint density at radius 1 is 1.32 bits per heavy atom. The number of benzene rings is 1. The molecule has 3 rings (SSSR count). The maximum absolute atomic E-state index is 13.4. The number of anilines is 1. The van der Waals surface area contributed by atoms with E-state index in [1.807, 2.05) is 13.8 Å². The van der Waals surface area contributed by atoms with Crippen molar-refractivity contribution in [3.05, 3.63) is 39.0 Å². The molecule has 0 saturated carbocycles. The van der Waals surface area contributed by atoms with Crippen molar-refractivity contribution in [3.8, 4) is 17.2 Å². The summed E-state index contributed by atoms with van der Waals surface area (Å²) in [5.74, 6) is -0.896. The highest BCUT2D eigenvalue weighted by molar-refractivity contribution is 9.10. The second-order valence-corrected chi connectivity index (χ2v) is 5.24. The molecule has 25 heavy (non-hydrogen) atoms. The first-order valence-electron chi connectivity index (χ1n) is 7.43. The van der Waals surface area contributed by atoms with Crippen LogP contribution in [-0.4, -0.2) is 33.1 Å². The molecule has 0 aliphatic carbocycles. The third-order valence-electron chi connectivity index (χ3n) is 2.90. The van der Waals surface area contributed by atoms with Crippen LogP contribution in [0.25, 0.3) is 17.2 Å². The maximum atomic E-state index is 13.4. The van der Waals surface area contributed by atoms with E-state index >= 15 is 0 Å². The number of hydrogen-bond acceptors (Lipinski definition) is 8. The van der Waals surface area contributed by atoms with Crippen LogP contribution < -0.4 is 16.8 Å². The first-order valence-corrected chi connectivity index (χ1v) is 8.22. The highest BCUT2D eigenvalue weighted by Crippen LogP contribution is 2.25. The molecule has 2 heterocycles. The Morgan fingerprint density at radius 2 is 2.08 bits per heavy atom. The molecule has 2 aromatic heterocycles. The monoisotopic (exact) mass is 414 g/mol. The molecule has 0 saturated heterocycles. The van der Waals surface area contributed by atoms with Gasteiger partial charge in [0.25, 0.3) is 0 Å². The van der Waals surface area contributed by atoms with E-state index in [9.17, 15) is 9.18 Å². The third kappa shape index (κ3) is 3.94. The Balaban J connectivity index is 0.00000109. The second-order valence-electron chi connectivity index (χ2n) is 4.38. The first kappa shape index (κ1) is 18.8. The van der Waals surface area contributed by atoms with Gasteiger partial charge in [0.05, 0.1) is 10.2 Å². The second kappa shape index (κ2) is 8.53. The van der Waals surface area contributed by atoms with Crippen LogP contribution in [0.5, 0.6) is 0 Å². The Bertz CT molecular complexity index is 891. The molecular weight excluding hydrogens is 399 g/mol. The summed E-state index contributed by atoms with van der Waals surface area (Å²) >= 11 is 3.06. The molecule has 9 nitrogen and oxygen atoms in total. The summed E-state index contributed by atoms with van der Waals surface area (Å²) in [6, 6.07) is 4.03. The fraction of sp³-hybridized carbons (Fsp3) is 0.286. The van der Waals surface area contributed by atoms with Crippen molar-refractivity contribution in [2.75, 3.05) is 18.4 Å². The van der Waals surface area contributed by atoms with Gasteiger partial charge >= 0.3 is 5.76 Å². The van der Waals surface area contributed by atoms with Crippen LogP contribution in [-0.2, 0) is 0 Å². The number of nitrogens with two attached hydrogens (primary N) is 1. The lowest BCUT2D eigenvalue weighted by Gasteiger charge is -2.05. The van der Waals surface area contributed by atoms with Gasteiger partial charge in [-0.1, -0.05) is 19.0 Å². The van der Waals surface area contributed by atoms with Crippen molar-refractivity contribution in [1.29, 1.82) is 0 Å². The van der Waals surface area contributed by atoms with E-state index in [0.717, 1.165) is 4.57 Å². The summed E-state index contributed by atoms with van der Waals surface area (Å²) < 4.78 is 24.1. The lowest BCUT2D eigenvalue weighted by Crippen LogP contribution is -2.16. The molecule has 0 atom stereocenters. The maximum Gasteiger partial charge on any atom is 0.446 e. The van der Waals surface area contributed by atoms with E-state index in [-0.39, 0.29) is 21.8 Å². The highest BCUT2D eigenvalue weighted by atomic mass is 79.9. The number of aromatic nitrogens is 4. The van der Waals surface area contributed by atoms with Gasteiger partial charge in [-0.15, -0.1) is 0 Å². The molecule has 0 unspecified atom stereocenters. The zero-order valence-corrected chi connectivity index (χ0v) is 15.1. The molecular formula is C14H16BrFN6O3. The Kier molecular flexibility index (Phi) is 6.42. The van der Waals surface area contributed by atoms with Gasteiger partial charge in [-0.2, -0.15) is 0 Å². The van der Waals surface area contributed by atoms with Gasteiger partial charge in [0.15, 0.2) is 5.69 Å². The summed E-state index contributed by atoms with van der Waals surface area (Å²) in [5.41, 5.74) is 5.93. The number of nitrogens with zero attached hydrogens (tertiary/aromatic N) is 4. The van der Waals surface area contributed by atoms with Gasteiger partial charge in [0.1, 0.15) is 5.82 Å². The van der Waals surface area contributed by atoms with E-state index in [0.29, 0.717) is 18.8 Å². The molecule has 3 aromatic rings. The molecule has 0 radical (unpaired) electrons. The predicted molar refractivity (Wildman–Crippen MR) is 91.9 cm³/mol. The number of nitrogens with one attached hydrogen (secondary N) is 1. The van der Waals surface area contributed by atoms with E-state index < -0.39 is 11.6 Å². The minimum absolute atomic E-state index is 0.0641. The van der Waals surface area contributed by atoms with Crippen molar-refractivity contribution in [2.24, 2.45) is 5.73 Å². The molecule has 0 amide bonds. The van der Waals surface area contributed by atoms with Crippen LogP contribution in [0.2, 0.25) is 0 Å². The molecule has 0 aliphatic rings. The SMILES string of the molecule is CC.NCCNc1nonc1-c1noc(=O)n1-c1ccc(F)c(Br)c1. The average Bonchev–Trinajstić information content (AvgIpc) is 3.23. The summed E-state index contributed by atoms with van der Waals surface area (Å²) in [7, 11) is 0. The van der Waals surface area contributed by atoms with E-state index in [2.05, 4.69) is 45.9 Å². The van der Waals surface area contributed by atoms with Crippen molar-refractivity contribution < 1.29 is 13.5 Å². The highest BCUT2D eigenvalue weighted by Gasteiger charge is 2.22. The summed E-state index contributed by atoms with van der Waals surface area (Å²) in [5, 5.41) is 14.0. The van der Waals surface area contributed by atoms with Crippen LogP contribution in [0.1, 0.15) is 13.8 Å². The topological polar surface area (TPSA) is 125 Å². The lowest BCUT2D eigenvalue weighted by molar-refractivity contribution is 0.309. The summed E-state index contributed by atoms with van der Waals surface area (Å²) in [6.45, 7) is 4.79. The molecule has 11 heteroatoms. The normalized spacial score (nSPS) is 10.3. The minimum atomic E-state index is -0.758. The standard InChI is InChI=1S/C12H10BrFN6O3.C2H6/c13-7-5-6(1-2-8(7)14)20-11(19-22-12(20)21)9-10(16-4-3-15)18-23-17-9;1-2/h1-2,5H,3-4,15H2,(H,16,18);1-2H3. The predicted octanol–water partition coefficient (Wildman–Crippen LogP) is 2.17. The van der Waals surface area contributed by atoms with Gasteiger partial charge in [-0.05, 0) is 44.4 Å². The molecule has 0 bridgehead atoms. The van der Waals surface area contributed by atoms with Crippen LogP contribution in [0.15, 0.2) is 36.6 Å². The molecule has 1 aromatic carbocycles. The van der Waals surface area contributed by atoms with E-state index in [4.69, 9.17) is 5.73 Å². The van der Waals surface area contributed by atoms with Crippen LogP contribution in [0.4, 0.5) is 10.2 Å². The smallest absolute Gasteiger partial charge is 0.364 e. The van der Waals surface area contributed by atoms with Crippen molar-refractivity contribution in [1.82, 2.24) is 20.0 Å². The lowest BCUT2D eigenvalue weighted by atomic mass is 10.3. The first-order chi connectivity index (χ1) is 12.1. The number of rotatable bonds is 5. The van der Waals surface area contributed by atoms with Crippen molar-refractivity contribution in [2.45, 2.75) is 13.8 Å². The van der Waals surface area contributed by atoms with Crippen molar-refractivity contribution in [3.63, 3.8) is 0 Å². The van der Waals surface area contributed by atoms with Gasteiger partial charge in [0.2, 0.25) is 11.6 Å². The van der Waals surface area contributed by atoms with Gasteiger partial charge < -0.3 is 11.1 Å². The van der Waals surface area contributed by atoms with Gasteiger partial charge in [-0.3, -0.25) is 4.52 Å². The Morgan fingerprint density at radius 3 is 2.76 bits per heavy atom. The third-order valence-corrected chi connectivity index (χ3v) is 3.51. The molecule has 0 fully saturated rings. The Labute approximate surface area is 150 Å². The average molecular weight is 415 g/mol.